The smallest absolute Gasteiger partial charge is 0.249 e. The van der Waals surface area contributed by atoms with Crippen LogP contribution < -0.4 is 0 Å². The predicted molar refractivity (Wildman–Crippen MR) is 126 cm³/mol. The zero-order chi connectivity index (χ0) is 19.6. The molecule has 0 atom stereocenters. The summed E-state index contributed by atoms with van der Waals surface area (Å²) >= 11 is 0. The van der Waals surface area contributed by atoms with Crippen molar-refractivity contribution in [3.05, 3.63) is 12.3 Å². The van der Waals surface area contributed by atoms with Crippen LogP contribution in [-0.2, 0) is 4.43 Å². The van der Waals surface area contributed by atoms with E-state index in [0.717, 1.165) is 5.16 Å². The summed E-state index contributed by atoms with van der Waals surface area (Å²) in [5.74, 6) is 0. The first kappa shape index (κ1) is 25.2. The molecule has 0 aliphatic rings. The summed E-state index contributed by atoms with van der Waals surface area (Å²) in [6.07, 6.45) is 4.84. The van der Waals surface area contributed by atoms with Gasteiger partial charge in [0, 0.05) is 0 Å². The molecule has 0 fully saturated rings. The molecular formula is C21H48OSi3. The molecule has 0 N–H and O–H groups in total. The minimum absolute atomic E-state index is 0.886. The Hall–Kier alpha value is 0.191. The van der Waals surface area contributed by atoms with Gasteiger partial charge in [0.25, 0.3) is 0 Å². The molecule has 150 valence electrons. The van der Waals surface area contributed by atoms with Gasteiger partial charge in [-0.3, -0.25) is 0 Å². The van der Waals surface area contributed by atoms with Gasteiger partial charge in [-0.25, -0.2) is 0 Å². The second-order valence-corrected chi connectivity index (χ2v) is 24.3. The van der Waals surface area contributed by atoms with Crippen LogP contribution >= 0.6 is 0 Å². The molecule has 1 nitrogen and oxygen atoms in total. The maximum atomic E-state index is 6.57. The Kier molecular flexibility index (Phi) is 11.9. The fraction of sp³-hybridized carbons (Fsp3) is 0.905. The van der Waals surface area contributed by atoms with Gasteiger partial charge in [-0.05, 0) is 23.3 Å². The SMILES string of the molecule is CC[Si](CC)(CC)O/C=C\C([Si](CC)(CC)CC)[Si](CC)(CC)CC. The summed E-state index contributed by atoms with van der Waals surface area (Å²) in [7, 11) is -4.04. The van der Waals surface area contributed by atoms with Crippen molar-refractivity contribution >= 4 is 24.5 Å². The summed E-state index contributed by atoms with van der Waals surface area (Å²) < 4.78 is 6.57. The van der Waals surface area contributed by atoms with Crippen LogP contribution in [-0.4, -0.2) is 24.5 Å². The summed E-state index contributed by atoms with van der Waals surface area (Å²) in [4.78, 5) is 0. The van der Waals surface area contributed by atoms with Crippen LogP contribution in [0, 0.1) is 0 Å². The highest BCUT2D eigenvalue weighted by Crippen LogP contribution is 2.46. The first-order chi connectivity index (χ1) is 11.9. The van der Waals surface area contributed by atoms with Crippen molar-refractivity contribution in [3.63, 3.8) is 0 Å². The third-order valence-electron chi connectivity index (χ3n) is 8.07. The van der Waals surface area contributed by atoms with E-state index in [2.05, 4.69) is 74.7 Å². The van der Waals surface area contributed by atoms with E-state index >= 15 is 0 Å². The van der Waals surface area contributed by atoms with Gasteiger partial charge in [0.05, 0.1) is 22.4 Å². The molecule has 0 aromatic heterocycles. The van der Waals surface area contributed by atoms with E-state index < -0.39 is 24.5 Å². The van der Waals surface area contributed by atoms with E-state index in [1.807, 2.05) is 0 Å². The van der Waals surface area contributed by atoms with E-state index in [1.54, 1.807) is 0 Å². The lowest BCUT2D eigenvalue weighted by atomic mass is 10.7. The van der Waals surface area contributed by atoms with Gasteiger partial charge in [0.2, 0.25) is 8.32 Å². The predicted octanol–water partition coefficient (Wildman–Crippen LogP) is 8.45. The fourth-order valence-electron chi connectivity index (χ4n) is 5.14. The molecule has 0 amide bonds. The first-order valence-electron chi connectivity index (χ1n) is 11.2. The summed E-state index contributed by atoms with van der Waals surface area (Å²) in [5, 5.41) is 0.886. The highest BCUT2D eigenvalue weighted by Gasteiger charge is 2.47. The Morgan fingerprint density at radius 3 is 1.12 bits per heavy atom. The van der Waals surface area contributed by atoms with Crippen LogP contribution in [0.25, 0.3) is 0 Å². The summed E-state index contributed by atoms with van der Waals surface area (Å²) in [6, 6.07) is 12.3. The van der Waals surface area contributed by atoms with Crippen molar-refractivity contribution in [2.75, 3.05) is 0 Å². The quantitative estimate of drug-likeness (QED) is 0.210. The van der Waals surface area contributed by atoms with Crippen molar-refractivity contribution in [2.45, 2.75) is 122 Å². The molecule has 0 saturated heterocycles. The lowest BCUT2D eigenvalue weighted by Crippen LogP contribution is -2.52. The molecule has 4 heteroatoms. The van der Waals surface area contributed by atoms with Gasteiger partial charge < -0.3 is 4.43 Å². The van der Waals surface area contributed by atoms with Crippen molar-refractivity contribution < 1.29 is 4.43 Å². The molecule has 0 spiro atoms. The Morgan fingerprint density at radius 1 is 0.560 bits per heavy atom. The van der Waals surface area contributed by atoms with E-state index in [4.69, 9.17) is 4.43 Å². The largest absolute Gasteiger partial charge is 0.549 e. The van der Waals surface area contributed by atoms with Gasteiger partial charge in [-0.1, -0.05) is 105 Å². The summed E-state index contributed by atoms with van der Waals surface area (Å²) in [6.45, 7) is 21.8. The van der Waals surface area contributed by atoms with Gasteiger partial charge in [0.1, 0.15) is 0 Å². The molecule has 25 heavy (non-hydrogen) atoms. The molecule has 0 unspecified atom stereocenters. The molecule has 0 heterocycles. The zero-order valence-corrected chi connectivity index (χ0v) is 22.0. The normalized spacial score (nSPS) is 13.8. The number of hydrogen-bond acceptors (Lipinski definition) is 1. The lowest BCUT2D eigenvalue weighted by Gasteiger charge is -2.47. The molecular weight excluding hydrogens is 352 g/mol. The van der Waals surface area contributed by atoms with Crippen molar-refractivity contribution in [1.29, 1.82) is 0 Å². The highest BCUT2D eigenvalue weighted by atomic mass is 28.4. The maximum Gasteiger partial charge on any atom is 0.249 e. The standard InChI is InChI=1S/C21H48OSi3/c1-10-23(11-2,12-3)21(24(13-4,14-5)15-6)19-20-22-25(16-7,17-8)18-9/h19-21H,10-18H2,1-9H3/b20-19-. The van der Waals surface area contributed by atoms with Crippen LogP contribution in [0.3, 0.4) is 0 Å². The lowest BCUT2D eigenvalue weighted by molar-refractivity contribution is 0.456. The first-order valence-corrected chi connectivity index (χ1v) is 19.2. The monoisotopic (exact) mass is 400 g/mol. The minimum atomic E-state index is -1.52. The van der Waals surface area contributed by atoms with E-state index in [9.17, 15) is 0 Å². The maximum absolute atomic E-state index is 6.57. The molecule has 0 saturated carbocycles. The fourth-order valence-corrected chi connectivity index (χ4v) is 23.0. The van der Waals surface area contributed by atoms with Crippen LogP contribution in [0.1, 0.15) is 62.3 Å². The second kappa shape index (κ2) is 11.8. The topological polar surface area (TPSA) is 9.23 Å². The average Bonchev–Trinajstić information content (AvgIpc) is 2.68. The summed E-state index contributed by atoms with van der Waals surface area (Å²) in [5.41, 5.74) is 0. The molecule has 0 aromatic rings. The number of hydrogen-bond donors (Lipinski definition) is 0. The Morgan fingerprint density at radius 2 is 0.880 bits per heavy atom. The third kappa shape index (κ3) is 5.58. The number of rotatable bonds is 14. The van der Waals surface area contributed by atoms with Crippen molar-refractivity contribution in [1.82, 2.24) is 0 Å². The highest BCUT2D eigenvalue weighted by molar-refractivity contribution is 7.00. The zero-order valence-electron chi connectivity index (χ0n) is 19.0. The molecule has 0 rings (SSSR count). The minimum Gasteiger partial charge on any atom is -0.549 e. The van der Waals surface area contributed by atoms with Crippen LogP contribution in [0.5, 0.6) is 0 Å². The van der Waals surface area contributed by atoms with Gasteiger partial charge >= 0.3 is 0 Å². The van der Waals surface area contributed by atoms with Crippen LogP contribution in [0.2, 0.25) is 59.6 Å². The third-order valence-corrected chi connectivity index (χ3v) is 27.7. The molecule has 0 bridgehead atoms. The Balaban J connectivity index is 5.87. The molecule has 0 aromatic carbocycles. The van der Waals surface area contributed by atoms with E-state index in [-0.39, 0.29) is 0 Å². The van der Waals surface area contributed by atoms with Crippen molar-refractivity contribution in [2.24, 2.45) is 0 Å². The van der Waals surface area contributed by atoms with E-state index in [0.29, 0.717) is 0 Å². The van der Waals surface area contributed by atoms with Crippen molar-refractivity contribution in [3.8, 4) is 0 Å². The van der Waals surface area contributed by atoms with Crippen LogP contribution in [0.4, 0.5) is 0 Å². The average molecular weight is 401 g/mol. The van der Waals surface area contributed by atoms with Gasteiger partial charge in [-0.2, -0.15) is 0 Å². The van der Waals surface area contributed by atoms with E-state index in [1.165, 1.54) is 54.4 Å². The molecule has 0 radical (unpaired) electrons. The molecule has 0 aliphatic heterocycles. The van der Waals surface area contributed by atoms with Crippen LogP contribution in [0.15, 0.2) is 12.3 Å². The Bertz CT molecular complexity index is 325. The van der Waals surface area contributed by atoms with Gasteiger partial charge in [-0.15, -0.1) is 0 Å². The second-order valence-electron chi connectivity index (χ2n) is 8.01. The Labute approximate surface area is 163 Å². The molecule has 0 aliphatic carbocycles. The van der Waals surface area contributed by atoms with Gasteiger partial charge in [0.15, 0.2) is 0 Å². The number of allylic oxidation sites excluding steroid dienone is 1.